The SMILES string of the molecule is N=C(N)c1cccc(CC(NS(=O)(=O)c2cccc(C=O)c2)c2nc3ccccc3s2)c1. The number of aldehydes is 1. The van der Waals surface area contributed by atoms with Crippen molar-refractivity contribution in [3.63, 3.8) is 0 Å². The molecule has 1 atom stereocenters. The lowest BCUT2D eigenvalue weighted by molar-refractivity contribution is 0.112. The van der Waals surface area contributed by atoms with Gasteiger partial charge in [-0.25, -0.2) is 18.1 Å². The molecule has 0 fully saturated rings. The second-order valence-electron chi connectivity index (χ2n) is 7.20. The van der Waals surface area contributed by atoms with Crippen LogP contribution in [0.25, 0.3) is 10.2 Å². The number of nitrogen functional groups attached to an aromatic ring is 1. The van der Waals surface area contributed by atoms with Crippen molar-refractivity contribution >= 4 is 43.7 Å². The average Bonchev–Trinajstić information content (AvgIpc) is 3.23. The maximum Gasteiger partial charge on any atom is 0.241 e. The molecule has 4 aromatic rings. The number of hydrogen-bond donors (Lipinski definition) is 3. The number of thiazole rings is 1. The number of carbonyl (C=O) groups excluding carboxylic acids is 1. The number of fused-ring (bicyclic) bond motifs is 1. The van der Waals surface area contributed by atoms with E-state index in [4.69, 9.17) is 11.1 Å². The van der Waals surface area contributed by atoms with E-state index in [9.17, 15) is 13.2 Å². The molecule has 7 nitrogen and oxygen atoms in total. The molecule has 0 radical (unpaired) electrons. The summed E-state index contributed by atoms with van der Waals surface area (Å²) >= 11 is 1.42. The zero-order valence-corrected chi connectivity index (χ0v) is 18.5. The monoisotopic (exact) mass is 464 g/mol. The summed E-state index contributed by atoms with van der Waals surface area (Å²) in [7, 11) is -3.93. The molecule has 4 rings (SSSR count). The van der Waals surface area contributed by atoms with Gasteiger partial charge in [0.05, 0.1) is 21.2 Å². The van der Waals surface area contributed by atoms with E-state index in [1.807, 2.05) is 30.3 Å². The Labute approximate surface area is 189 Å². The predicted molar refractivity (Wildman–Crippen MR) is 126 cm³/mol. The van der Waals surface area contributed by atoms with Crippen LogP contribution in [-0.2, 0) is 16.4 Å². The van der Waals surface area contributed by atoms with Gasteiger partial charge in [0.15, 0.2) is 0 Å². The van der Waals surface area contributed by atoms with Gasteiger partial charge < -0.3 is 5.73 Å². The molecule has 1 heterocycles. The third-order valence-electron chi connectivity index (χ3n) is 4.89. The minimum absolute atomic E-state index is 0.00528. The highest BCUT2D eigenvalue weighted by Crippen LogP contribution is 2.30. The predicted octanol–water partition coefficient (Wildman–Crippen LogP) is 3.66. The highest BCUT2D eigenvalue weighted by molar-refractivity contribution is 7.89. The first-order chi connectivity index (χ1) is 15.4. The van der Waals surface area contributed by atoms with Gasteiger partial charge in [0.2, 0.25) is 10.0 Å². The Bertz CT molecular complexity index is 1380. The van der Waals surface area contributed by atoms with Crippen molar-refractivity contribution in [2.45, 2.75) is 17.4 Å². The lowest BCUT2D eigenvalue weighted by Crippen LogP contribution is -2.30. The van der Waals surface area contributed by atoms with E-state index >= 15 is 0 Å². The third-order valence-corrected chi connectivity index (χ3v) is 7.51. The second kappa shape index (κ2) is 8.99. The number of nitrogens with two attached hydrogens (primary N) is 1. The number of aromatic nitrogens is 1. The lowest BCUT2D eigenvalue weighted by atomic mass is 10.0. The van der Waals surface area contributed by atoms with Gasteiger partial charge in [-0.1, -0.05) is 42.5 Å². The Morgan fingerprint density at radius 2 is 1.88 bits per heavy atom. The number of benzene rings is 3. The van der Waals surface area contributed by atoms with Crippen LogP contribution in [0.5, 0.6) is 0 Å². The van der Waals surface area contributed by atoms with Gasteiger partial charge in [0, 0.05) is 11.1 Å². The van der Waals surface area contributed by atoms with Gasteiger partial charge in [0.25, 0.3) is 0 Å². The number of hydrogen-bond acceptors (Lipinski definition) is 6. The molecule has 0 bridgehead atoms. The molecule has 0 saturated heterocycles. The van der Waals surface area contributed by atoms with Crippen LogP contribution in [0.3, 0.4) is 0 Å². The summed E-state index contributed by atoms with van der Waals surface area (Å²) in [4.78, 5) is 15.8. The minimum Gasteiger partial charge on any atom is -0.384 e. The summed E-state index contributed by atoms with van der Waals surface area (Å²) in [5, 5.41) is 8.29. The summed E-state index contributed by atoms with van der Waals surface area (Å²) in [6.07, 6.45) is 0.921. The molecule has 1 unspecified atom stereocenters. The van der Waals surface area contributed by atoms with Gasteiger partial charge in [-0.2, -0.15) is 0 Å². The Morgan fingerprint density at radius 1 is 1.09 bits per heavy atom. The number of nitrogens with one attached hydrogen (secondary N) is 2. The molecular formula is C23H20N4O3S2. The van der Waals surface area contributed by atoms with E-state index in [0.29, 0.717) is 23.3 Å². The van der Waals surface area contributed by atoms with Crippen LogP contribution in [0.15, 0.2) is 77.7 Å². The molecule has 0 aliphatic rings. The number of sulfonamides is 1. The molecule has 0 saturated carbocycles. The van der Waals surface area contributed by atoms with Gasteiger partial charge in [-0.3, -0.25) is 10.2 Å². The van der Waals surface area contributed by atoms with Crippen molar-refractivity contribution in [2.24, 2.45) is 5.73 Å². The van der Waals surface area contributed by atoms with Crippen LogP contribution in [0.2, 0.25) is 0 Å². The first-order valence-electron chi connectivity index (χ1n) is 9.72. The first kappa shape index (κ1) is 21.8. The Kier molecular flexibility index (Phi) is 6.13. The van der Waals surface area contributed by atoms with Crippen molar-refractivity contribution in [1.29, 1.82) is 5.41 Å². The number of rotatable bonds is 8. The first-order valence-corrected chi connectivity index (χ1v) is 12.0. The third kappa shape index (κ3) is 4.75. The summed E-state index contributed by atoms with van der Waals surface area (Å²) in [5.74, 6) is -0.0605. The molecule has 32 heavy (non-hydrogen) atoms. The summed E-state index contributed by atoms with van der Waals surface area (Å²) in [6.45, 7) is 0. The van der Waals surface area contributed by atoms with Crippen molar-refractivity contribution in [1.82, 2.24) is 9.71 Å². The van der Waals surface area contributed by atoms with Crippen molar-refractivity contribution in [3.8, 4) is 0 Å². The fourth-order valence-corrected chi connectivity index (χ4v) is 5.68. The minimum atomic E-state index is -3.93. The average molecular weight is 465 g/mol. The van der Waals surface area contributed by atoms with Gasteiger partial charge in [-0.05, 0) is 42.3 Å². The number of para-hydroxylation sites is 1. The maximum atomic E-state index is 13.2. The van der Waals surface area contributed by atoms with Crippen molar-refractivity contribution < 1.29 is 13.2 Å². The van der Waals surface area contributed by atoms with Crippen molar-refractivity contribution in [3.05, 3.63) is 94.5 Å². The van der Waals surface area contributed by atoms with E-state index in [1.54, 1.807) is 24.3 Å². The largest absolute Gasteiger partial charge is 0.384 e. The van der Waals surface area contributed by atoms with E-state index < -0.39 is 16.1 Å². The summed E-state index contributed by atoms with van der Waals surface area (Å²) in [5.41, 5.74) is 8.05. The molecule has 0 aliphatic heterocycles. The fraction of sp³-hybridized carbons (Fsp3) is 0.0870. The molecule has 9 heteroatoms. The van der Waals surface area contributed by atoms with Crippen LogP contribution in [-0.4, -0.2) is 25.5 Å². The normalized spacial score (nSPS) is 12.5. The van der Waals surface area contributed by atoms with E-state index in [-0.39, 0.29) is 16.3 Å². The zero-order chi connectivity index (χ0) is 22.7. The van der Waals surface area contributed by atoms with Crippen LogP contribution in [0, 0.1) is 5.41 Å². The molecule has 3 aromatic carbocycles. The number of carbonyl (C=O) groups is 1. The Hall–Kier alpha value is -3.40. The van der Waals surface area contributed by atoms with Crippen LogP contribution >= 0.6 is 11.3 Å². The van der Waals surface area contributed by atoms with Crippen LogP contribution < -0.4 is 10.5 Å². The Morgan fingerprint density at radius 3 is 2.62 bits per heavy atom. The number of amidine groups is 1. The molecule has 4 N–H and O–H groups in total. The molecule has 0 spiro atoms. The smallest absolute Gasteiger partial charge is 0.241 e. The van der Waals surface area contributed by atoms with Gasteiger partial charge >= 0.3 is 0 Å². The second-order valence-corrected chi connectivity index (χ2v) is 9.98. The maximum absolute atomic E-state index is 13.2. The van der Waals surface area contributed by atoms with Crippen LogP contribution in [0.4, 0.5) is 0 Å². The van der Waals surface area contributed by atoms with Gasteiger partial charge in [-0.15, -0.1) is 11.3 Å². The molecule has 1 aromatic heterocycles. The zero-order valence-electron chi connectivity index (χ0n) is 16.9. The van der Waals surface area contributed by atoms with Gasteiger partial charge in [0.1, 0.15) is 17.1 Å². The Balaban J connectivity index is 1.73. The van der Waals surface area contributed by atoms with E-state index in [0.717, 1.165) is 15.8 Å². The standard InChI is InChI=1S/C23H20N4O3S2/c24-22(25)17-7-3-5-15(11-17)13-20(23-26-19-9-1-2-10-21(19)31-23)27-32(29,30)18-8-4-6-16(12-18)14-28/h1-12,14,20,27H,13H2,(H3,24,25). The highest BCUT2D eigenvalue weighted by Gasteiger charge is 2.25. The molecular weight excluding hydrogens is 444 g/mol. The molecule has 162 valence electrons. The molecule has 0 amide bonds. The summed E-state index contributed by atoms with van der Waals surface area (Å²) in [6, 6.07) is 19.9. The lowest BCUT2D eigenvalue weighted by Gasteiger charge is -2.17. The van der Waals surface area contributed by atoms with Crippen molar-refractivity contribution in [2.75, 3.05) is 0 Å². The quantitative estimate of drug-likeness (QED) is 0.208. The highest BCUT2D eigenvalue weighted by atomic mass is 32.2. The number of nitrogens with zero attached hydrogens (tertiary/aromatic N) is 1. The van der Waals surface area contributed by atoms with E-state index in [1.165, 1.54) is 29.5 Å². The molecule has 0 aliphatic carbocycles. The summed E-state index contributed by atoms with van der Waals surface area (Å²) < 4.78 is 30.0. The fourth-order valence-electron chi connectivity index (χ4n) is 3.33. The topological polar surface area (TPSA) is 126 Å². The van der Waals surface area contributed by atoms with E-state index in [2.05, 4.69) is 9.71 Å². The van der Waals surface area contributed by atoms with Crippen LogP contribution in [0.1, 0.15) is 32.5 Å².